The monoisotopic (exact) mass is 348 g/mol. The first kappa shape index (κ1) is 16.4. The lowest BCUT2D eigenvalue weighted by atomic mass is 10.0. The van der Waals surface area contributed by atoms with E-state index in [0.29, 0.717) is 19.5 Å². The highest BCUT2D eigenvalue weighted by Crippen LogP contribution is 2.29. The number of amides is 1. The Morgan fingerprint density at radius 1 is 1.12 bits per heavy atom. The average Bonchev–Trinajstić information content (AvgIpc) is 3.04. The topological polar surface area (TPSA) is 73.4 Å². The van der Waals surface area contributed by atoms with Crippen LogP contribution in [0.25, 0.3) is 10.9 Å². The molecule has 1 amide bonds. The number of nitrogens with zero attached hydrogens (tertiary/aromatic N) is 1. The van der Waals surface area contributed by atoms with Crippen molar-refractivity contribution in [2.45, 2.75) is 25.8 Å². The summed E-state index contributed by atoms with van der Waals surface area (Å²) in [4.78, 5) is 29.1. The maximum absolute atomic E-state index is 12.6. The van der Waals surface area contributed by atoms with Crippen molar-refractivity contribution in [2.75, 3.05) is 6.54 Å². The van der Waals surface area contributed by atoms with Crippen LogP contribution in [-0.4, -0.2) is 33.4 Å². The maximum atomic E-state index is 12.6. The van der Waals surface area contributed by atoms with Gasteiger partial charge < -0.3 is 15.0 Å². The Kier molecular flexibility index (Phi) is 4.21. The molecule has 2 N–H and O–H groups in total. The Bertz CT molecular complexity index is 976. The molecule has 0 fully saturated rings. The number of aromatic nitrogens is 1. The van der Waals surface area contributed by atoms with Gasteiger partial charge in [0.25, 0.3) is 0 Å². The molecule has 0 bridgehead atoms. The molecular weight excluding hydrogens is 328 g/mol. The minimum absolute atomic E-state index is 0.142. The number of hydrogen-bond acceptors (Lipinski definition) is 2. The number of carboxylic acids is 1. The first-order valence-corrected chi connectivity index (χ1v) is 8.80. The molecule has 2 heterocycles. The van der Waals surface area contributed by atoms with Crippen LogP contribution < -0.4 is 0 Å². The van der Waals surface area contributed by atoms with Crippen LogP contribution in [-0.2, 0) is 24.2 Å². The highest BCUT2D eigenvalue weighted by atomic mass is 16.4. The summed E-state index contributed by atoms with van der Waals surface area (Å²) in [6, 6.07) is 15.1. The molecule has 4 rings (SSSR count). The molecule has 132 valence electrons. The van der Waals surface area contributed by atoms with Crippen molar-refractivity contribution in [3.05, 3.63) is 70.9 Å². The Morgan fingerprint density at radius 2 is 1.92 bits per heavy atom. The van der Waals surface area contributed by atoms with E-state index >= 15 is 0 Å². The SMILES string of the molecule is O=C(O)c1ccc2[nH]c3c(c2c1)CN(C(=O)CCc1ccccc1)CC3. The predicted molar refractivity (Wildman–Crippen MR) is 99.1 cm³/mol. The lowest BCUT2D eigenvalue weighted by Gasteiger charge is -2.27. The van der Waals surface area contributed by atoms with Crippen LogP contribution in [0.4, 0.5) is 0 Å². The second-order valence-electron chi connectivity index (χ2n) is 6.70. The second kappa shape index (κ2) is 6.67. The molecule has 0 aliphatic carbocycles. The summed E-state index contributed by atoms with van der Waals surface area (Å²) in [5, 5.41) is 10.1. The summed E-state index contributed by atoms with van der Waals surface area (Å²) in [5.41, 5.74) is 4.51. The number of aromatic carboxylic acids is 1. The van der Waals surface area contributed by atoms with E-state index in [9.17, 15) is 14.7 Å². The van der Waals surface area contributed by atoms with Crippen molar-refractivity contribution in [3.8, 4) is 0 Å². The van der Waals surface area contributed by atoms with Gasteiger partial charge in [0.15, 0.2) is 0 Å². The molecule has 0 spiro atoms. The summed E-state index contributed by atoms with van der Waals surface area (Å²) in [5.74, 6) is -0.795. The fourth-order valence-electron chi connectivity index (χ4n) is 3.61. The summed E-state index contributed by atoms with van der Waals surface area (Å²) in [7, 11) is 0. The van der Waals surface area contributed by atoms with Gasteiger partial charge in [0.1, 0.15) is 0 Å². The molecule has 3 aromatic rings. The Balaban J connectivity index is 1.53. The van der Waals surface area contributed by atoms with E-state index in [1.165, 1.54) is 0 Å². The van der Waals surface area contributed by atoms with Crippen molar-refractivity contribution in [1.82, 2.24) is 9.88 Å². The smallest absolute Gasteiger partial charge is 0.335 e. The van der Waals surface area contributed by atoms with Crippen molar-refractivity contribution in [2.24, 2.45) is 0 Å². The van der Waals surface area contributed by atoms with Gasteiger partial charge in [-0.05, 0) is 30.2 Å². The third-order valence-electron chi connectivity index (χ3n) is 5.05. The number of aromatic amines is 1. The number of fused-ring (bicyclic) bond motifs is 3. The predicted octanol–water partition coefficient (Wildman–Crippen LogP) is 3.38. The van der Waals surface area contributed by atoms with E-state index in [4.69, 9.17) is 0 Å². The van der Waals surface area contributed by atoms with Gasteiger partial charge in [-0.1, -0.05) is 30.3 Å². The van der Waals surface area contributed by atoms with Gasteiger partial charge >= 0.3 is 5.97 Å². The van der Waals surface area contributed by atoms with Crippen LogP contribution in [0.3, 0.4) is 0 Å². The normalized spacial score (nSPS) is 13.6. The number of carboxylic acid groups (broad SMARTS) is 1. The van der Waals surface area contributed by atoms with Crippen LogP contribution in [0.2, 0.25) is 0 Å². The number of hydrogen-bond donors (Lipinski definition) is 2. The molecule has 5 nitrogen and oxygen atoms in total. The highest BCUT2D eigenvalue weighted by Gasteiger charge is 2.24. The molecule has 5 heteroatoms. The van der Waals surface area contributed by atoms with E-state index in [2.05, 4.69) is 4.98 Å². The number of aryl methyl sites for hydroxylation is 1. The summed E-state index contributed by atoms with van der Waals surface area (Å²) < 4.78 is 0. The van der Waals surface area contributed by atoms with Crippen molar-refractivity contribution in [3.63, 3.8) is 0 Å². The first-order valence-electron chi connectivity index (χ1n) is 8.80. The Hall–Kier alpha value is -3.08. The minimum atomic E-state index is -0.937. The molecule has 1 aliphatic rings. The zero-order chi connectivity index (χ0) is 18.1. The third-order valence-corrected chi connectivity index (χ3v) is 5.05. The van der Waals surface area contributed by atoms with Crippen LogP contribution in [0.1, 0.15) is 33.6 Å². The van der Waals surface area contributed by atoms with Crippen molar-refractivity contribution in [1.29, 1.82) is 0 Å². The quantitative estimate of drug-likeness (QED) is 0.759. The standard InChI is InChI=1S/C21H20N2O3/c24-20(9-6-14-4-2-1-3-5-14)23-11-10-19-17(13-23)16-12-15(21(25)26)7-8-18(16)22-19/h1-5,7-8,12,22H,6,9-11,13H2,(H,25,26). The molecule has 2 aromatic carbocycles. The molecule has 26 heavy (non-hydrogen) atoms. The molecule has 0 saturated carbocycles. The van der Waals surface area contributed by atoms with Gasteiger partial charge in [0.05, 0.1) is 5.56 Å². The highest BCUT2D eigenvalue weighted by molar-refractivity contribution is 5.95. The van der Waals surface area contributed by atoms with E-state index in [1.54, 1.807) is 18.2 Å². The lowest BCUT2D eigenvalue weighted by molar-refractivity contribution is -0.132. The van der Waals surface area contributed by atoms with Gasteiger partial charge in [-0.25, -0.2) is 4.79 Å². The summed E-state index contributed by atoms with van der Waals surface area (Å²) >= 11 is 0. The van der Waals surface area contributed by atoms with Gasteiger partial charge in [0, 0.05) is 48.1 Å². The molecule has 1 aromatic heterocycles. The van der Waals surface area contributed by atoms with Crippen LogP contribution >= 0.6 is 0 Å². The van der Waals surface area contributed by atoms with Gasteiger partial charge in [-0.2, -0.15) is 0 Å². The van der Waals surface area contributed by atoms with Crippen LogP contribution in [0.5, 0.6) is 0 Å². The maximum Gasteiger partial charge on any atom is 0.335 e. The number of nitrogens with one attached hydrogen (secondary N) is 1. The summed E-state index contributed by atoms with van der Waals surface area (Å²) in [6.07, 6.45) is 1.99. The van der Waals surface area contributed by atoms with Gasteiger partial charge in [-0.3, -0.25) is 4.79 Å². The average molecular weight is 348 g/mol. The minimum Gasteiger partial charge on any atom is -0.478 e. The fourth-order valence-corrected chi connectivity index (χ4v) is 3.61. The molecule has 1 aliphatic heterocycles. The molecule has 0 radical (unpaired) electrons. The third kappa shape index (κ3) is 3.08. The zero-order valence-electron chi connectivity index (χ0n) is 14.4. The second-order valence-corrected chi connectivity index (χ2v) is 6.70. The first-order chi connectivity index (χ1) is 12.6. The molecule has 0 atom stereocenters. The van der Waals surface area contributed by atoms with E-state index in [-0.39, 0.29) is 11.5 Å². The Labute approximate surface area is 151 Å². The number of benzene rings is 2. The number of H-pyrrole nitrogens is 1. The van der Waals surface area contributed by atoms with Crippen molar-refractivity contribution < 1.29 is 14.7 Å². The number of carbonyl (C=O) groups excluding carboxylic acids is 1. The van der Waals surface area contributed by atoms with Gasteiger partial charge in [0.2, 0.25) is 5.91 Å². The van der Waals surface area contributed by atoms with E-state index in [0.717, 1.165) is 40.6 Å². The van der Waals surface area contributed by atoms with Crippen LogP contribution in [0, 0.1) is 0 Å². The van der Waals surface area contributed by atoms with Crippen LogP contribution in [0.15, 0.2) is 48.5 Å². The molecule has 0 saturated heterocycles. The van der Waals surface area contributed by atoms with E-state index < -0.39 is 5.97 Å². The van der Waals surface area contributed by atoms with Gasteiger partial charge in [-0.15, -0.1) is 0 Å². The molecular formula is C21H20N2O3. The Morgan fingerprint density at radius 3 is 2.69 bits per heavy atom. The zero-order valence-corrected chi connectivity index (χ0v) is 14.4. The molecule has 0 unspecified atom stereocenters. The largest absolute Gasteiger partial charge is 0.478 e. The van der Waals surface area contributed by atoms with E-state index in [1.807, 2.05) is 35.2 Å². The summed E-state index contributed by atoms with van der Waals surface area (Å²) in [6.45, 7) is 1.23. The lowest BCUT2D eigenvalue weighted by Crippen LogP contribution is -2.35. The number of rotatable bonds is 4. The fraction of sp³-hybridized carbons (Fsp3) is 0.238. The number of carbonyl (C=O) groups is 2. The van der Waals surface area contributed by atoms with Crippen molar-refractivity contribution >= 4 is 22.8 Å².